The third kappa shape index (κ3) is 3.10. The maximum atomic E-state index is 6.42. The Labute approximate surface area is 182 Å². The van der Waals surface area contributed by atoms with E-state index in [4.69, 9.17) is 11.6 Å². The Morgan fingerprint density at radius 3 is 2.62 bits per heavy atom. The Balaban J connectivity index is 1.32. The highest BCUT2D eigenvalue weighted by Gasteiger charge is 2.58. The summed E-state index contributed by atoms with van der Waals surface area (Å²) >= 11 is 6.42. The van der Waals surface area contributed by atoms with Gasteiger partial charge in [0.25, 0.3) is 0 Å². The average Bonchev–Trinajstić information content (AvgIpc) is 3.06. The number of halogens is 1. The fraction of sp³-hybridized carbons (Fsp3) is 0.704. The Morgan fingerprint density at radius 2 is 1.83 bits per heavy atom. The van der Waals surface area contributed by atoms with E-state index in [0.29, 0.717) is 16.9 Å². The highest BCUT2D eigenvalue weighted by Crippen LogP contribution is 2.67. The summed E-state index contributed by atoms with van der Waals surface area (Å²) < 4.78 is 0. The molecule has 29 heavy (non-hydrogen) atoms. The lowest BCUT2D eigenvalue weighted by atomic mass is 9.45. The molecule has 0 heterocycles. The van der Waals surface area contributed by atoms with Crippen LogP contribution in [0.15, 0.2) is 35.9 Å². The molecule has 0 aliphatic heterocycles. The van der Waals surface area contributed by atoms with E-state index in [1.807, 2.05) is 12.1 Å². The van der Waals surface area contributed by atoms with Crippen LogP contribution in [0.3, 0.4) is 0 Å². The molecule has 1 N–H and O–H groups in total. The third-order valence-electron chi connectivity index (χ3n) is 10.1. The van der Waals surface area contributed by atoms with E-state index < -0.39 is 0 Å². The summed E-state index contributed by atoms with van der Waals surface area (Å²) in [5.41, 5.74) is 3.97. The summed E-state index contributed by atoms with van der Waals surface area (Å²) in [5.74, 6) is 3.76. The van der Waals surface area contributed by atoms with Crippen LogP contribution in [0.4, 0.5) is 5.69 Å². The number of nitrogens with one attached hydrogen (secondary N) is 1. The molecule has 1 aromatic rings. The Morgan fingerprint density at radius 1 is 1.00 bits per heavy atom. The van der Waals surface area contributed by atoms with Gasteiger partial charge in [-0.1, -0.05) is 49.2 Å². The molecule has 7 atom stereocenters. The summed E-state index contributed by atoms with van der Waals surface area (Å²) in [7, 11) is 0. The maximum Gasteiger partial charge on any atom is 0.0637 e. The first-order chi connectivity index (χ1) is 14.0. The van der Waals surface area contributed by atoms with E-state index in [1.165, 1.54) is 57.8 Å². The van der Waals surface area contributed by atoms with Crippen molar-refractivity contribution in [2.45, 2.75) is 84.6 Å². The van der Waals surface area contributed by atoms with E-state index in [-0.39, 0.29) is 0 Å². The number of hydrogen-bond donors (Lipinski definition) is 1. The van der Waals surface area contributed by atoms with Crippen LogP contribution in [0.2, 0.25) is 5.02 Å². The molecule has 4 fully saturated rings. The molecular weight excluding hydrogens is 374 g/mol. The van der Waals surface area contributed by atoms with Gasteiger partial charge in [0.1, 0.15) is 0 Å². The molecule has 0 unspecified atom stereocenters. The van der Waals surface area contributed by atoms with Crippen molar-refractivity contribution in [3.8, 4) is 0 Å². The zero-order valence-electron chi connectivity index (χ0n) is 18.5. The van der Waals surface area contributed by atoms with Gasteiger partial charge in [-0.2, -0.15) is 0 Å². The topological polar surface area (TPSA) is 12.0 Å². The van der Waals surface area contributed by atoms with Gasteiger partial charge in [0.15, 0.2) is 0 Å². The van der Waals surface area contributed by atoms with Crippen LogP contribution < -0.4 is 5.32 Å². The number of anilines is 1. The van der Waals surface area contributed by atoms with Crippen LogP contribution in [-0.2, 0) is 0 Å². The van der Waals surface area contributed by atoms with Crippen LogP contribution in [0.1, 0.15) is 78.6 Å². The molecule has 0 amide bonds. The van der Waals surface area contributed by atoms with Crippen LogP contribution in [-0.4, -0.2) is 6.04 Å². The van der Waals surface area contributed by atoms with E-state index in [1.54, 1.807) is 5.57 Å². The van der Waals surface area contributed by atoms with Gasteiger partial charge >= 0.3 is 0 Å². The second kappa shape index (κ2) is 7.33. The van der Waals surface area contributed by atoms with Crippen molar-refractivity contribution < 1.29 is 0 Å². The van der Waals surface area contributed by atoms with Gasteiger partial charge in [0.05, 0.1) is 10.7 Å². The Bertz CT molecular complexity index is 799. The summed E-state index contributed by atoms with van der Waals surface area (Å²) in [6, 6.07) is 8.83. The standard InChI is InChI=1S/C27H38ClN/c1-4-18-10-12-22-21-11-9-19-17-20(29-25-8-6-5-7-24(25)28)13-15-27(19,3)23(21)14-16-26(18,22)2/h4-8,19-23,29H,9-17H2,1-3H3/b18-4-/t19-,20-,21-,22-,23-,26+,27-/m0/s1. The lowest BCUT2D eigenvalue weighted by Crippen LogP contribution is -2.54. The van der Waals surface area contributed by atoms with Crippen LogP contribution >= 0.6 is 11.6 Å². The van der Waals surface area contributed by atoms with Crippen molar-refractivity contribution in [1.82, 2.24) is 0 Å². The molecule has 0 bridgehead atoms. The highest BCUT2D eigenvalue weighted by atomic mass is 35.5. The van der Waals surface area contributed by atoms with Gasteiger partial charge in [-0.3, -0.25) is 0 Å². The SMILES string of the molecule is C/C=C1/CC[C@H]2[C@@H]3CC[C@H]4C[C@@H](Nc5ccccc5Cl)CC[C@]4(C)[C@H]3CC[C@]12C. The molecular formula is C27H38ClN. The van der Waals surface area contributed by atoms with Crippen molar-refractivity contribution in [3.05, 3.63) is 40.9 Å². The molecule has 1 aromatic carbocycles. The molecule has 0 saturated heterocycles. The third-order valence-corrected chi connectivity index (χ3v) is 10.4. The van der Waals surface area contributed by atoms with Crippen LogP contribution in [0.5, 0.6) is 0 Å². The molecule has 0 spiro atoms. The van der Waals surface area contributed by atoms with Crippen molar-refractivity contribution >= 4 is 17.3 Å². The fourth-order valence-corrected chi connectivity index (χ4v) is 8.70. The number of fused-ring (bicyclic) bond motifs is 5. The lowest BCUT2D eigenvalue weighted by Gasteiger charge is -2.60. The average molecular weight is 412 g/mol. The van der Waals surface area contributed by atoms with Crippen LogP contribution in [0, 0.1) is 34.5 Å². The predicted octanol–water partition coefficient (Wildman–Crippen LogP) is 8.11. The van der Waals surface area contributed by atoms with Gasteiger partial charge in [-0.15, -0.1) is 0 Å². The van der Waals surface area contributed by atoms with Gasteiger partial charge in [-0.05, 0) is 111 Å². The molecule has 5 rings (SSSR count). The van der Waals surface area contributed by atoms with Gasteiger partial charge in [0.2, 0.25) is 0 Å². The van der Waals surface area contributed by atoms with E-state index in [0.717, 1.165) is 34.4 Å². The fourth-order valence-electron chi connectivity index (χ4n) is 8.51. The maximum absolute atomic E-state index is 6.42. The Hall–Kier alpha value is -0.950. The monoisotopic (exact) mass is 411 g/mol. The minimum Gasteiger partial charge on any atom is -0.381 e. The zero-order chi connectivity index (χ0) is 20.2. The number of para-hydroxylation sites is 1. The minimum atomic E-state index is 0.516. The molecule has 1 nitrogen and oxygen atoms in total. The smallest absolute Gasteiger partial charge is 0.0637 e. The first-order valence-corrected chi connectivity index (χ1v) is 12.5. The molecule has 4 saturated carbocycles. The first kappa shape index (κ1) is 20.0. The first-order valence-electron chi connectivity index (χ1n) is 12.1. The van der Waals surface area contributed by atoms with E-state index in [2.05, 4.69) is 44.3 Å². The molecule has 4 aliphatic rings. The normalized spacial score (nSPS) is 45.4. The molecule has 4 aliphatic carbocycles. The van der Waals surface area contributed by atoms with Crippen molar-refractivity contribution in [3.63, 3.8) is 0 Å². The Kier molecular flexibility index (Phi) is 5.05. The largest absolute Gasteiger partial charge is 0.381 e. The van der Waals surface area contributed by atoms with E-state index >= 15 is 0 Å². The second-order valence-corrected chi connectivity index (χ2v) is 11.5. The molecule has 158 valence electrons. The highest BCUT2D eigenvalue weighted by molar-refractivity contribution is 6.33. The summed E-state index contributed by atoms with van der Waals surface area (Å²) in [6.45, 7) is 7.56. The number of allylic oxidation sites excluding steroid dienone is 2. The van der Waals surface area contributed by atoms with Crippen LogP contribution in [0.25, 0.3) is 0 Å². The second-order valence-electron chi connectivity index (χ2n) is 11.1. The zero-order valence-corrected chi connectivity index (χ0v) is 19.3. The number of rotatable bonds is 2. The number of hydrogen-bond acceptors (Lipinski definition) is 1. The quantitative estimate of drug-likeness (QED) is 0.484. The van der Waals surface area contributed by atoms with Gasteiger partial charge in [0, 0.05) is 6.04 Å². The minimum absolute atomic E-state index is 0.516. The van der Waals surface area contributed by atoms with Crippen molar-refractivity contribution in [1.29, 1.82) is 0 Å². The van der Waals surface area contributed by atoms with Gasteiger partial charge in [-0.25, -0.2) is 0 Å². The molecule has 0 radical (unpaired) electrons. The predicted molar refractivity (Wildman–Crippen MR) is 124 cm³/mol. The molecule has 0 aromatic heterocycles. The van der Waals surface area contributed by atoms with Gasteiger partial charge < -0.3 is 5.32 Å². The van der Waals surface area contributed by atoms with Crippen molar-refractivity contribution in [2.24, 2.45) is 34.5 Å². The van der Waals surface area contributed by atoms with Crippen molar-refractivity contribution in [2.75, 3.05) is 5.32 Å². The molecule has 2 heteroatoms. The summed E-state index contributed by atoms with van der Waals surface area (Å²) in [4.78, 5) is 0. The lowest BCUT2D eigenvalue weighted by molar-refractivity contribution is -0.0988. The number of benzene rings is 1. The summed E-state index contributed by atoms with van der Waals surface area (Å²) in [5, 5.41) is 4.65. The van der Waals surface area contributed by atoms with E-state index in [9.17, 15) is 0 Å². The summed E-state index contributed by atoms with van der Waals surface area (Å²) in [6.07, 6.45) is 15.1.